The van der Waals surface area contributed by atoms with E-state index in [2.05, 4.69) is 15.3 Å². The molecule has 1 saturated heterocycles. The van der Waals surface area contributed by atoms with Gasteiger partial charge in [0.1, 0.15) is 0 Å². The number of hydrogen-bond donors (Lipinski definition) is 2. The van der Waals surface area contributed by atoms with Crippen LogP contribution in [-0.2, 0) is 11.2 Å². The number of aromatic nitrogens is 2. The first kappa shape index (κ1) is 17.4. The van der Waals surface area contributed by atoms with Gasteiger partial charge in [-0.2, -0.15) is 0 Å². The quantitative estimate of drug-likeness (QED) is 0.834. The van der Waals surface area contributed by atoms with Crippen molar-refractivity contribution >= 4 is 11.9 Å². The van der Waals surface area contributed by atoms with Gasteiger partial charge in [-0.1, -0.05) is 30.3 Å². The molecule has 0 saturated carbocycles. The van der Waals surface area contributed by atoms with Crippen molar-refractivity contribution in [3.63, 3.8) is 0 Å². The van der Waals surface area contributed by atoms with Gasteiger partial charge in [0.05, 0.1) is 12.1 Å². The zero-order valence-electron chi connectivity index (χ0n) is 14.3. The van der Waals surface area contributed by atoms with E-state index in [9.17, 15) is 9.90 Å². The van der Waals surface area contributed by atoms with Gasteiger partial charge in [-0.3, -0.25) is 4.79 Å². The number of amides is 1. The van der Waals surface area contributed by atoms with Crippen molar-refractivity contribution in [1.82, 2.24) is 15.3 Å². The SMILES string of the molecule is O=C(CCc1ccccc1)NCC1(O)CCCN(c2ncccn2)C1. The Bertz CT molecular complexity index is 680. The third-order valence-electron chi connectivity index (χ3n) is 4.49. The molecule has 0 aliphatic carbocycles. The molecule has 25 heavy (non-hydrogen) atoms. The fraction of sp³-hybridized carbons (Fsp3) is 0.421. The number of benzene rings is 1. The molecule has 132 valence electrons. The molecule has 1 aliphatic heterocycles. The molecule has 0 radical (unpaired) electrons. The van der Waals surface area contributed by atoms with Crippen molar-refractivity contribution < 1.29 is 9.90 Å². The number of anilines is 1. The molecule has 2 heterocycles. The van der Waals surface area contributed by atoms with Crippen molar-refractivity contribution in [2.24, 2.45) is 0 Å². The smallest absolute Gasteiger partial charge is 0.225 e. The fourth-order valence-corrected chi connectivity index (χ4v) is 3.14. The topological polar surface area (TPSA) is 78.4 Å². The number of β-amino-alcohol motifs (C(OH)–C–C–N with tert-alkyl or cyclic N) is 1. The van der Waals surface area contributed by atoms with Crippen molar-refractivity contribution in [3.05, 3.63) is 54.4 Å². The fourth-order valence-electron chi connectivity index (χ4n) is 3.14. The molecule has 1 aromatic carbocycles. The highest BCUT2D eigenvalue weighted by Gasteiger charge is 2.34. The standard InChI is InChI=1S/C19H24N4O2/c24-17(9-8-16-6-2-1-3-7-16)22-14-19(25)10-4-13-23(15-19)18-20-11-5-12-21-18/h1-3,5-7,11-12,25H,4,8-10,13-15H2,(H,22,24). The Labute approximate surface area is 147 Å². The highest BCUT2D eigenvalue weighted by molar-refractivity contribution is 5.76. The number of nitrogens with one attached hydrogen (secondary N) is 1. The van der Waals surface area contributed by atoms with Crippen LogP contribution in [0.15, 0.2) is 48.8 Å². The zero-order chi connectivity index (χ0) is 17.5. The lowest BCUT2D eigenvalue weighted by atomic mass is 9.93. The maximum atomic E-state index is 12.1. The third-order valence-corrected chi connectivity index (χ3v) is 4.49. The van der Waals surface area contributed by atoms with Gasteiger partial charge in [0.15, 0.2) is 0 Å². The van der Waals surface area contributed by atoms with Crippen LogP contribution in [0.4, 0.5) is 5.95 Å². The Kier molecular flexibility index (Phi) is 5.60. The number of aliphatic hydroxyl groups is 1. The number of aryl methyl sites for hydroxylation is 1. The average molecular weight is 340 g/mol. The third kappa shape index (κ3) is 5.00. The molecule has 0 bridgehead atoms. The van der Waals surface area contributed by atoms with E-state index in [-0.39, 0.29) is 12.5 Å². The Morgan fingerprint density at radius 1 is 1.20 bits per heavy atom. The van der Waals surface area contributed by atoms with Crippen LogP contribution in [0, 0.1) is 0 Å². The van der Waals surface area contributed by atoms with Crippen LogP contribution in [0.2, 0.25) is 0 Å². The first-order chi connectivity index (χ1) is 12.1. The molecular formula is C19H24N4O2. The molecule has 2 N–H and O–H groups in total. The van der Waals surface area contributed by atoms with Crippen LogP contribution in [0.3, 0.4) is 0 Å². The number of rotatable bonds is 6. The Morgan fingerprint density at radius 2 is 1.96 bits per heavy atom. The highest BCUT2D eigenvalue weighted by atomic mass is 16.3. The normalized spacial score (nSPS) is 20.3. The lowest BCUT2D eigenvalue weighted by Crippen LogP contribution is -2.54. The molecule has 1 fully saturated rings. The molecule has 3 rings (SSSR count). The zero-order valence-corrected chi connectivity index (χ0v) is 14.3. The second kappa shape index (κ2) is 8.07. The van der Waals surface area contributed by atoms with Crippen LogP contribution in [0.1, 0.15) is 24.8 Å². The van der Waals surface area contributed by atoms with E-state index in [1.54, 1.807) is 18.5 Å². The van der Waals surface area contributed by atoms with Gasteiger partial charge in [0, 0.05) is 31.9 Å². The van der Waals surface area contributed by atoms with Crippen molar-refractivity contribution in [2.75, 3.05) is 24.5 Å². The second-order valence-electron chi connectivity index (χ2n) is 6.56. The van der Waals surface area contributed by atoms with Crippen LogP contribution >= 0.6 is 0 Å². The van der Waals surface area contributed by atoms with Crippen molar-refractivity contribution in [1.29, 1.82) is 0 Å². The van der Waals surface area contributed by atoms with Gasteiger partial charge in [-0.15, -0.1) is 0 Å². The van der Waals surface area contributed by atoms with E-state index in [4.69, 9.17) is 0 Å². The van der Waals surface area contributed by atoms with Gasteiger partial charge in [0.25, 0.3) is 0 Å². The van der Waals surface area contributed by atoms with E-state index < -0.39 is 5.60 Å². The molecule has 6 nitrogen and oxygen atoms in total. The van der Waals surface area contributed by atoms with E-state index in [0.29, 0.717) is 31.8 Å². The lowest BCUT2D eigenvalue weighted by molar-refractivity contribution is -0.122. The minimum atomic E-state index is -0.945. The van der Waals surface area contributed by atoms with Crippen molar-refractivity contribution in [2.45, 2.75) is 31.3 Å². The summed E-state index contributed by atoms with van der Waals surface area (Å²) in [5.41, 5.74) is 0.196. The van der Waals surface area contributed by atoms with Crippen molar-refractivity contribution in [3.8, 4) is 0 Å². The van der Waals surface area contributed by atoms with Crippen LogP contribution in [-0.4, -0.2) is 46.2 Å². The number of hydrogen-bond acceptors (Lipinski definition) is 5. The number of nitrogens with zero attached hydrogens (tertiary/aromatic N) is 3. The molecule has 1 atom stereocenters. The summed E-state index contributed by atoms with van der Waals surface area (Å²) < 4.78 is 0. The Morgan fingerprint density at radius 3 is 2.72 bits per heavy atom. The molecule has 0 spiro atoms. The Hall–Kier alpha value is -2.47. The summed E-state index contributed by atoms with van der Waals surface area (Å²) in [6.45, 7) is 1.49. The predicted octanol–water partition coefficient (Wildman–Crippen LogP) is 1.56. The Balaban J connectivity index is 1.48. The van der Waals surface area contributed by atoms with Gasteiger partial charge >= 0.3 is 0 Å². The second-order valence-corrected chi connectivity index (χ2v) is 6.56. The van der Waals surface area contributed by atoms with E-state index in [0.717, 1.165) is 18.5 Å². The van der Waals surface area contributed by atoms with Gasteiger partial charge < -0.3 is 15.3 Å². The molecule has 6 heteroatoms. The summed E-state index contributed by atoms with van der Waals surface area (Å²) in [6.07, 6.45) is 6.02. The monoisotopic (exact) mass is 340 g/mol. The summed E-state index contributed by atoms with van der Waals surface area (Å²) in [6, 6.07) is 11.7. The average Bonchev–Trinajstić information content (AvgIpc) is 2.66. The maximum absolute atomic E-state index is 12.1. The summed E-state index contributed by atoms with van der Waals surface area (Å²) in [4.78, 5) is 22.5. The minimum absolute atomic E-state index is 0.0367. The predicted molar refractivity (Wildman–Crippen MR) is 96.2 cm³/mol. The summed E-state index contributed by atoms with van der Waals surface area (Å²) >= 11 is 0. The molecule has 1 aromatic heterocycles. The summed E-state index contributed by atoms with van der Waals surface area (Å²) in [5.74, 6) is 0.585. The number of piperidine rings is 1. The molecule has 1 amide bonds. The summed E-state index contributed by atoms with van der Waals surface area (Å²) in [5, 5.41) is 13.7. The number of carbonyl (C=O) groups excluding carboxylic acids is 1. The van der Waals surface area contributed by atoms with Crippen LogP contribution < -0.4 is 10.2 Å². The van der Waals surface area contributed by atoms with Crippen LogP contribution in [0.25, 0.3) is 0 Å². The molecule has 2 aromatic rings. The minimum Gasteiger partial charge on any atom is -0.386 e. The number of carbonyl (C=O) groups is 1. The van der Waals surface area contributed by atoms with E-state index in [1.165, 1.54) is 0 Å². The highest BCUT2D eigenvalue weighted by Crippen LogP contribution is 2.23. The molecule has 1 unspecified atom stereocenters. The first-order valence-electron chi connectivity index (χ1n) is 8.70. The first-order valence-corrected chi connectivity index (χ1v) is 8.70. The van der Waals surface area contributed by atoms with Gasteiger partial charge in [-0.25, -0.2) is 9.97 Å². The molecular weight excluding hydrogens is 316 g/mol. The summed E-state index contributed by atoms with van der Waals surface area (Å²) in [7, 11) is 0. The van der Waals surface area contributed by atoms with E-state index in [1.807, 2.05) is 35.2 Å². The van der Waals surface area contributed by atoms with Crippen LogP contribution in [0.5, 0.6) is 0 Å². The molecule has 1 aliphatic rings. The van der Waals surface area contributed by atoms with E-state index >= 15 is 0 Å². The lowest BCUT2D eigenvalue weighted by Gasteiger charge is -2.39. The van der Waals surface area contributed by atoms with Gasteiger partial charge in [0.2, 0.25) is 11.9 Å². The largest absolute Gasteiger partial charge is 0.386 e. The maximum Gasteiger partial charge on any atom is 0.225 e. The van der Waals surface area contributed by atoms with Gasteiger partial charge in [-0.05, 0) is 30.9 Å².